The Morgan fingerprint density at radius 1 is 1.00 bits per heavy atom. The molecule has 2 saturated heterocycles. The van der Waals surface area contributed by atoms with Crippen LogP contribution < -0.4 is 0 Å². The van der Waals surface area contributed by atoms with Crippen LogP contribution in [0.3, 0.4) is 0 Å². The predicted molar refractivity (Wildman–Crippen MR) is 81.7 cm³/mol. The average Bonchev–Trinajstić information content (AvgIpc) is 2.62. The highest BCUT2D eigenvalue weighted by Crippen LogP contribution is 2.30. The molecular formula is C17H28N2O2. The number of rotatable bonds is 2. The molecular weight excluding hydrogens is 264 g/mol. The van der Waals surface area contributed by atoms with Crippen molar-refractivity contribution in [2.45, 2.75) is 64.3 Å². The Kier molecular flexibility index (Phi) is 4.51. The van der Waals surface area contributed by atoms with Gasteiger partial charge in [-0.25, -0.2) is 0 Å². The Bertz CT molecular complexity index is 402. The molecule has 0 bridgehead atoms. The van der Waals surface area contributed by atoms with Crippen molar-refractivity contribution in [1.29, 1.82) is 0 Å². The first-order valence-corrected chi connectivity index (χ1v) is 8.73. The Hall–Kier alpha value is -1.06. The molecule has 1 atom stereocenters. The lowest BCUT2D eigenvalue weighted by atomic mass is 9.82. The number of carbonyl (C=O) groups excluding carboxylic acids is 2. The second-order valence-electron chi connectivity index (χ2n) is 7.26. The smallest absolute Gasteiger partial charge is 0.245 e. The maximum atomic E-state index is 12.8. The van der Waals surface area contributed by atoms with Crippen LogP contribution >= 0.6 is 0 Å². The van der Waals surface area contributed by atoms with Crippen LogP contribution in [0.4, 0.5) is 0 Å². The largest absolute Gasteiger partial charge is 0.340 e. The minimum atomic E-state index is -0.156. The lowest BCUT2D eigenvalue weighted by Gasteiger charge is -2.36. The van der Waals surface area contributed by atoms with Crippen molar-refractivity contribution in [2.24, 2.45) is 11.8 Å². The molecule has 1 saturated carbocycles. The van der Waals surface area contributed by atoms with Crippen molar-refractivity contribution in [3.8, 4) is 0 Å². The molecule has 1 unspecified atom stereocenters. The van der Waals surface area contributed by atoms with Gasteiger partial charge in [-0.3, -0.25) is 9.59 Å². The van der Waals surface area contributed by atoms with Gasteiger partial charge in [0.1, 0.15) is 6.04 Å². The second-order valence-corrected chi connectivity index (χ2v) is 7.26. The number of nitrogens with zero attached hydrogens (tertiary/aromatic N) is 2. The van der Waals surface area contributed by atoms with E-state index in [2.05, 4.69) is 6.92 Å². The summed E-state index contributed by atoms with van der Waals surface area (Å²) < 4.78 is 0. The summed E-state index contributed by atoms with van der Waals surface area (Å²) in [6.07, 6.45) is 8.59. The zero-order chi connectivity index (χ0) is 14.8. The minimum absolute atomic E-state index is 0.156. The number of hydrogen-bond donors (Lipinski definition) is 0. The molecule has 1 aliphatic carbocycles. The molecule has 2 heterocycles. The third kappa shape index (κ3) is 3.24. The van der Waals surface area contributed by atoms with Gasteiger partial charge in [0.15, 0.2) is 0 Å². The van der Waals surface area contributed by atoms with E-state index in [1.54, 1.807) is 0 Å². The van der Waals surface area contributed by atoms with Crippen LogP contribution in [-0.4, -0.2) is 47.3 Å². The SMILES string of the molecule is CC1CCC(CN2CCC(=O)N3CCCCC3C2=O)CC1. The molecule has 3 rings (SSSR count). The lowest BCUT2D eigenvalue weighted by Crippen LogP contribution is -2.50. The lowest BCUT2D eigenvalue weighted by molar-refractivity contribution is -0.143. The molecule has 0 aromatic carbocycles. The van der Waals surface area contributed by atoms with Crippen LogP contribution in [-0.2, 0) is 9.59 Å². The first-order chi connectivity index (χ1) is 10.1. The van der Waals surface area contributed by atoms with E-state index in [0.29, 0.717) is 18.9 Å². The van der Waals surface area contributed by atoms with Gasteiger partial charge in [0.05, 0.1) is 0 Å². The van der Waals surface area contributed by atoms with E-state index in [9.17, 15) is 9.59 Å². The van der Waals surface area contributed by atoms with Crippen LogP contribution in [0.1, 0.15) is 58.3 Å². The van der Waals surface area contributed by atoms with Gasteiger partial charge in [-0.15, -0.1) is 0 Å². The van der Waals surface area contributed by atoms with Crippen LogP contribution in [0, 0.1) is 11.8 Å². The monoisotopic (exact) mass is 292 g/mol. The Morgan fingerprint density at radius 3 is 2.52 bits per heavy atom. The number of piperidine rings is 1. The van der Waals surface area contributed by atoms with Crippen molar-refractivity contribution in [3.63, 3.8) is 0 Å². The first kappa shape index (κ1) is 14.9. The van der Waals surface area contributed by atoms with Crippen molar-refractivity contribution in [2.75, 3.05) is 19.6 Å². The molecule has 3 aliphatic rings. The quantitative estimate of drug-likeness (QED) is 0.784. The van der Waals surface area contributed by atoms with Crippen LogP contribution in [0.25, 0.3) is 0 Å². The fraction of sp³-hybridized carbons (Fsp3) is 0.882. The maximum absolute atomic E-state index is 12.8. The molecule has 0 spiro atoms. The molecule has 4 nitrogen and oxygen atoms in total. The van der Waals surface area contributed by atoms with Crippen molar-refractivity contribution >= 4 is 11.8 Å². The van der Waals surface area contributed by atoms with E-state index in [1.165, 1.54) is 25.7 Å². The summed E-state index contributed by atoms with van der Waals surface area (Å²) >= 11 is 0. The normalized spacial score (nSPS) is 34.6. The second kappa shape index (κ2) is 6.37. The predicted octanol–water partition coefficient (Wildman–Crippen LogP) is 2.43. The molecule has 3 fully saturated rings. The summed E-state index contributed by atoms with van der Waals surface area (Å²) in [5.41, 5.74) is 0. The molecule has 118 valence electrons. The Balaban J connectivity index is 1.65. The Labute approximate surface area is 127 Å². The van der Waals surface area contributed by atoms with Gasteiger partial charge in [-0.1, -0.05) is 19.8 Å². The molecule has 0 aromatic heterocycles. The standard InChI is InChI=1S/C17H28N2O2/c1-13-5-7-14(8-6-13)12-18-11-9-16(20)19-10-3-2-4-15(19)17(18)21/h13-15H,2-12H2,1H3. The minimum Gasteiger partial charge on any atom is -0.340 e. The molecule has 2 aliphatic heterocycles. The van der Waals surface area contributed by atoms with Gasteiger partial charge in [-0.2, -0.15) is 0 Å². The van der Waals surface area contributed by atoms with E-state index < -0.39 is 0 Å². The van der Waals surface area contributed by atoms with E-state index in [4.69, 9.17) is 0 Å². The van der Waals surface area contributed by atoms with Gasteiger partial charge in [0.25, 0.3) is 0 Å². The van der Waals surface area contributed by atoms with E-state index >= 15 is 0 Å². The molecule has 21 heavy (non-hydrogen) atoms. The fourth-order valence-electron chi connectivity index (χ4n) is 4.19. The average molecular weight is 292 g/mol. The van der Waals surface area contributed by atoms with E-state index in [-0.39, 0.29) is 17.9 Å². The zero-order valence-corrected chi connectivity index (χ0v) is 13.2. The van der Waals surface area contributed by atoms with E-state index in [0.717, 1.165) is 38.3 Å². The molecule has 0 aromatic rings. The third-order valence-electron chi connectivity index (χ3n) is 5.63. The highest BCUT2D eigenvalue weighted by atomic mass is 16.2. The summed E-state index contributed by atoms with van der Waals surface area (Å²) in [5.74, 6) is 1.90. The van der Waals surface area contributed by atoms with Crippen molar-refractivity contribution in [1.82, 2.24) is 9.80 Å². The van der Waals surface area contributed by atoms with Crippen LogP contribution in [0.2, 0.25) is 0 Å². The van der Waals surface area contributed by atoms with Gasteiger partial charge in [0.2, 0.25) is 11.8 Å². The van der Waals surface area contributed by atoms with Gasteiger partial charge in [0, 0.05) is 26.1 Å². The summed E-state index contributed by atoms with van der Waals surface area (Å²) in [7, 11) is 0. The van der Waals surface area contributed by atoms with Gasteiger partial charge in [-0.05, 0) is 43.9 Å². The van der Waals surface area contributed by atoms with E-state index in [1.807, 2.05) is 9.80 Å². The van der Waals surface area contributed by atoms with Crippen molar-refractivity contribution < 1.29 is 9.59 Å². The maximum Gasteiger partial charge on any atom is 0.245 e. The molecule has 2 amide bonds. The Morgan fingerprint density at radius 2 is 1.76 bits per heavy atom. The van der Waals surface area contributed by atoms with Crippen LogP contribution in [0.5, 0.6) is 0 Å². The summed E-state index contributed by atoms with van der Waals surface area (Å²) in [4.78, 5) is 28.9. The topological polar surface area (TPSA) is 40.6 Å². The highest BCUT2D eigenvalue weighted by molar-refractivity contribution is 5.90. The number of carbonyl (C=O) groups is 2. The van der Waals surface area contributed by atoms with Gasteiger partial charge >= 0.3 is 0 Å². The summed E-state index contributed by atoms with van der Waals surface area (Å²) in [5, 5.41) is 0. The molecule has 4 heteroatoms. The molecule has 0 radical (unpaired) electrons. The number of fused-ring (bicyclic) bond motifs is 1. The number of amides is 2. The first-order valence-electron chi connectivity index (χ1n) is 8.73. The molecule has 0 N–H and O–H groups in total. The van der Waals surface area contributed by atoms with Crippen LogP contribution in [0.15, 0.2) is 0 Å². The fourth-order valence-corrected chi connectivity index (χ4v) is 4.19. The van der Waals surface area contributed by atoms with Crippen molar-refractivity contribution in [3.05, 3.63) is 0 Å². The highest BCUT2D eigenvalue weighted by Gasteiger charge is 2.38. The summed E-state index contributed by atoms with van der Waals surface area (Å²) in [6.45, 7) is 4.62. The van der Waals surface area contributed by atoms with Gasteiger partial charge < -0.3 is 9.80 Å². The number of hydrogen-bond acceptors (Lipinski definition) is 2. The third-order valence-corrected chi connectivity index (χ3v) is 5.63. The zero-order valence-electron chi connectivity index (χ0n) is 13.2. The summed E-state index contributed by atoms with van der Waals surface area (Å²) in [6, 6.07) is -0.156.